The van der Waals surface area contributed by atoms with Crippen LogP contribution in [0.1, 0.15) is 25.5 Å². The molecule has 0 aliphatic heterocycles. The molecule has 0 spiro atoms. The van der Waals surface area contributed by atoms with Crippen molar-refractivity contribution in [2.24, 2.45) is 0 Å². The Bertz CT molecular complexity index is 464. The minimum absolute atomic E-state index is 0.102. The molecule has 0 bridgehead atoms. The number of carbonyl (C=O) groups is 2. The molecular weight excluding hydrogens is 266 g/mol. The average molecular weight is 283 g/mol. The topological polar surface area (TPSA) is 86.6 Å². The second kappa shape index (κ2) is 7.28. The lowest BCUT2D eigenvalue weighted by Gasteiger charge is -2.20. The van der Waals surface area contributed by atoms with Gasteiger partial charge in [0.25, 0.3) is 0 Å². The fourth-order valence-electron chi connectivity index (χ4n) is 1.56. The quantitative estimate of drug-likeness (QED) is 0.758. The first kappa shape index (κ1) is 15.7. The number of nitrogens with one attached hydrogen (secondary N) is 1. The van der Waals surface area contributed by atoms with Gasteiger partial charge in [0.1, 0.15) is 6.10 Å². The number of para-hydroxylation sites is 1. The Labute approximate surface area is 116 Å². The maximum atomic E-state index is 11.1. The summed E-state index contributed by atoms with van der Waals surface area (Å²) in [7, 11) is 0. The molecule has 1 aromatic carbocycles. The van der Waals surface area contributed by atoms with E-state index in [0.717, 1.165) is 11.8 Å². The van der Waals surface area contributed by atoms with Crippen molar-refractivity contribution >= 4 is 28.5 Å². The molecule has 1 aromatic rings. The summed E-state index contributed by atoms with van der Waals surface area (Å²) in [4.78, 5) is 21.9. The predicted octanol–water partition coefficient (Wildman–Crippen LogP) is 1.32. The van der Waals surface area contributed by atoms with E-state index in [-0.39, 0.29) is 16.8 Å². The highest BCUT2D eigenvalue weighted by atomic mass is 32.2. The fraction of sp³-hybridized carbons (Fsp3) is 0.385. The number of aliphatic hydroxyl groups is 2. The average Bonchev–Trinajstić information content (AvgIpc) is 2.35. The Morgan fingerprint density at radius 2 is 1.89 bits per heavy atom. The Kier molecular flexibility index (Phi) is 6.01. The molecule has 1 rings (SSSR count). The van der Waals surface area contributed by atoms with E-state index in [0.29, 0.717) is 11.3 Å². The van der Waals surface area contributed by atoms with E-state index in [1.807, 2.05) is 0 Å². The number of carbonyl (C=O) groups excluding carboxylic acids is 2. The van der Waals surface area contributed by atoms with Crippen LogP contribution in [0.15, 0.2) is 24.3 Å². The van der Waals surface area contributed by atoms with Crippen molar-refractivity contribution < 1.29 is 19.8 Å². The van der Waals surface area contributed by atoms with E-state index in [1.54, 1.807) is 24.3 Å². The summed E-state index contributed by atoms with van der Waals surface area (Å²) >= 11 is 0.946. The zero-order chi connectivity index (χ0) is 14.4. The smallest absolute Gasteiger partial charge is 0.221 e. The molecule has 0 radical (unpaired) electrons. The van der Waals surface area contributed by atoms with Gasteiger partial charge in [-0.05, 0) is 6.07 Å². The first-order valence-electron chi connectivity index (χ1n) is 5.78. The third kappa shape index (κ3) is 5.02. The van der Waals surface area contributed by atoms with Crippen LogP contribution in [-0.4, -0.2) is 33.1 Å². The summed E-state index contributed by atoms with van der Waals surface area (Å²) < 4.78 is 0. The summed E-state index contributed by atoms with van der Waals surface area (Å²) in [6.07, 6.45) is -2.24. The van der Waals surface area contributed by atoms with Crippen LogP contribution >= 0.6 is 11.8 Å². The van der Waals surface area contributed by atoms with Gasteiger partial charge in [-0.25, -0.2) is 0 Å². The molecule has 0 saturated carbocycles. The summed E-state index contributed by atoms with van der Waals surface area (Å²) in [5.74, 6) is -0.155. The molecule has 0 aliphatic carbocycles. The van der Waals surface area contributed by atoms with Gasteiger partial charge >= 0.3 is 0 Å². The summed E-state index contributed by atoms with van der Waals surface area (Å²) in [5, 5.41) is 22.4. The molecule has 1 amide bonds. The van der Waals surface area contributed by atoms with Gasteiger partial charge in [-0.1, -0.05) is 30.0 Å². The molecule has 0 aromatic heterocycles. The van der Waals surface area contributed by atoms with E-state index in [2.05, 4.69) is 5.32 Å². The zero-order valence-corrected chi connectivity index (χ0v) is 11.6. The van der Waals surface area contributed by atoms with Crippen LogP contribution in [-0.2, 0) is 9.59 Å². The lowest BCUT2D eigenvalue weighted by Crippen LogP contribution is -2.23. The molecule has 3 N–H and O–H groups in total. The highest BCUT2D eigenvalue weighted by Crippen LogP contribution is 2.26. The number of hydrogen-bond donors (Lipinski definition) is 3. The highest BCUT2D eigenvalue weighted by Gasteiger charge is 2.21. The highest BCUT2D eigenvalue weighted by molar-refractivity contribution is 8.13. The zero-order valence-electron chi connectivity index (χ0n) is 10.8. The van der Waals surface area contributed by atoms with Crippen molar-refractivity contribution in [1.82, 2.24) is 0 Å². The summed E-state index contributed by atoms with van der Waals surface area (Å²) in [6.45, 7) is 2.76. The molecule has 2 atom stereocenters. The first-order chi connectivity index (χ1) is 8.91. The Morgan fingerprint density at radius 1 is 1.26 bits per heavy atom. The number of anilines is 1. The molecule has 5 nitrogen and oxygen atoms in total. The van der Waals surface area contributed by atoms with Crippen molar-refractivity contribution in [3.8, 4) is 0 Å². The number of hydrogen-bond acceptors (Lipinski definition) is 5. The Balaban J connectivity index is 2.83. The lowest BCUT2D eigenvalue weighted by atomic mass is 10.0. The molecule has 104 valence electrons. The van der Waals surface area contributed by atoms with Gasteiger partial charge in [0, 0.05) is 30.9 Å². The van der Waals surface area contributed by atoms with Gasteiger partial charge in [0.05, 0.1) is 6.10 Å². The van der Waals surface area contributed by atoms with Gasteiger partial charge in [-0.3, -0.25) is 9.59 Å². The number of rotatable bonds is 5. The third-order valence-corrected chi connectivity index (χ3v) is 3.33. The Morgan fingerprint density at radius 3 is 2.47 bits per heavy atom. The number of benzene rings is 1. The van der Waals surface area contributed by atoms with Crippen LogP contribution in [0.3, 0.4) is 0 Å². The second-order valence-corrected chi connectivity index (χ2v) is 5.28. The number of thioether (sulfide) groups is 1. The molecule has 6 heteroatoms. The van der Waals surface area contributed by atoms with Gasteiger partial charge in [-0.15, -0.1) is 0 Å². The lowest BCUT2D eigenvalue weighted by molar-refractivity contribution is -0.114. The van der Waals surface area contributed by atoms with E-state index >= 15 is 0 Å². The van der Waals surface area contributed by atoms with Crippen LogP contribution in [0.2, 0.25) is 0 Å². The van der Waals surface area contributed by atoms with Crippen molar-refractivity contribution in [2.45, 2.75) is 26.1 Å². The fourth-order valence-corrected chi connectivity index (χ4v) is 2.15. The van der Waals surface area contributed by atoms with Gasteiger partial charge in [-0.2, -0.15) is 0 Å². The van der Waals surface area contributed by atoms with E-state index < -0.39 is 12.2 Å². The minimum atomic E-state index is -1.16. The van der Waals surface area contributed by atoms with E-state index in [9.17, 15) is 19.8 Å². The van der Waals surface area contributed by atoms with Crippen molar-refractivity contribution in [2.75, 3.05) is 11.1 Å². The van der Waals surface area contributed by atoms with Crippen LogP contribution < -0.4 is 5.32 Å². The summed E-state index contributed by atoms with van der Waals surface area (Å²) in [5.41, 5.74) is 0.878. The van der Waals surface area contributed by atoms with Crippen LogP contribution in [0, 0.1) is 0 Å². The second-order valence-electron chi connectivity index (χ2n) is 4.08. The molecule has 2 unspecified atom stereocenters. The maximum absolute atomic E-state index is 11.1. The molecular formula is C13H17NO4S. The van der Waals surface area contributed by atoms with E-state index in [1.165, 1.54) is 13.8 Å². The van der Waals surface area contributed by atoms with Crippen molar-refractivity contribution in [3.63, 3.8) is 0 Å². The minimum Gasteiger partial charge on any atom is -0.389 e. The monoisotopic (exact) mass is 283 g/mol. The number of aliphatic hydroxyl groups excluding tert-OH is 2. The van der Waals surface area contributed by atoms with Gasteiger partial charge in [0.15, 0.2) is 5.12 Å². The molecule has 0 fully saturated rings. The molecule has 0 aliphatic rings. The SMILES string of the molecule is CC(=O)Nc1ccccc1C(O)C(O)CSC(C)=O. The van der Waals surface area contributed by atoms with Crippen molar-refractivity contribution in [3.05, 3.63) is 29.8 Å². The standard InChI is InChI=1S/C13H17NO4S/c1-8(15)14-11-6-4-3-5-10(11)13(18)12(17)7-19-9(2)16/h3-6,12-13,17-18H,7H2,1-2H3,(H,14,15). The van der Waals surface area contributed by atoms with Crippen LogP contribution in [0.5, 0.6) is 0 Å². The first-order valence-corrected chi connectivity index (χ1v) is 6.76. The van der Waals surface area contributed by atoms with Gasteiger partial charge < -0.3 is 15.5 Å². The predicted molar refractivity (Wildman–Crippen MR) is 74.9 cm³/mol. The maximum Gasteiger partial charge on any atom is 0.221 e. The molecule has 0 saturated heterocycles. The largest absolute Gasteiger partial charge is 0.389 e. The van der Waals surface area contributed by atoms with E-state index in [4.69, 9.17) is 0 Å². The normalized spacial score (nSPS) is 13.7. The third-order valence-electron chi connectivity index (χ3n) is 2.41. The van der Waals surface area contributed by atoms with Crippen LogP contribution in [0.4, 0.5) is 5.69 Å². The Hall–Kier alpha value is -1.37. The van der Waals surface area contributed by atoms with Gasteiger partial charge in [0.2, 0.25) is 5.91 Å². The molecule has 19 heavy (non-hydrogen) atoms. The summed E-state index contributed by atoms with van der Waals surface area (Å²) in [6, 6.07) is 6.69. The van der Waals surface area contributed by atoms with Crippen molar-refractivity contribution in [1.29, 1.82) is 0 Å². The number of amides is 1. The molecule has 0 heterocycles. The van der Waals surface area contributed by atoms with Crippen LogP contribution in [0.25, 0.3) is 0 Å².